The maximum atomic E-state index is 12.2. The topological polar surface area (TPSA) is 61.4 Å². The van der Waals surface area contributed by atoms with E-state index in [1.54, 1.807) is 12.1 Å². The van der Waals surface area contributed by atoms with Gasteiger partial charge in [-0.05, 0) is 56.5 Å². The molecule has 2 heterocycles. The minimum atomic E-state index is -0.397. The zero-order valence-electron chi connectivity index (χ0n) is 15.1. The number of thioether (sulfide) groups is 1. The lowest BCUT2D eigenvalue weighted by molar-refractivity contribution is -0.124. The number of likely N-dealkylation sites (tertiary alicyclic amines) is 1. The summed E-state index contributed by atoms with van der Waals surface area (Å²) in [5, 5.41) is 5.98. The molecule has 0 aliphatic carbocycles. The number of carbonyl (C=O) groups is 2. The highest BCUT2D eigenvalue weighted by Crippen LogP contribution is 2.38. The zero-order valence-corrected chi connectivity index (χ0v) is 16.7. The molecular weight excluding hydrogens is 370 g/mol. The first-order chi connectivity index (χ1) is 12.5. The molecule has 7 heteroatoms. The van der Waals surface area contributed by atoms with Crippen molar-refractivity contribution in [3.63, 3.8) is 0 Å². The number of nitrogens with zero attached hydrogens (tertiary/aromatic N) is 1. The van der Waals surface area contributed by atoms with Crippen LogP contribution in [0, 0.1) is 5.92 Å². The molecule has 0 spiro atoms. The van der Waals surface area contributed by atoms with E-state index in [1.807, 2.05) is 6.07 Å². The summed E-state index contributed by atoms with van der Waals surface area (Å²) in [5.41, 5.74) is 0.722. The van der Waals surface area contributed by atoms with Crippen LogP contribution < -0.4 is 10.6 Å². The normalized spacial score (nSPS) is 23.2. The van der Waals surface area contributed by atoms with Crippen LogP contribution in [0.15, 0.2) is 23.1 Å². The molecule has 2 N–H and O–H groups in total. The van der Waals surface area contributed by atoms with E-state index < -0.39 is 5.25 Å². The quantitative estimate of drug-likeness (QED) is 0.725. The third kappa shape index (κ3) is 5.38. The van der Waals surface area contributed by atoms with Gasteiger partial charge in [-0.3, -0.25) is 9.59 Å². The first-order valence-corrected chi connectivity index (χ1v) is 10.5. The monoisotopic (exact) mass is 395 g/mol. The number of piperidine rings is 1. The predicted octanol–water partition coefficient (Wildman–Crippen LogP) is 3.38. The molecule has 1 aromatic carbocycles. The minimum Gasteiger partial charge on any atom is -0.356 e. The van der Waals surface area contributed by atoms with Gasteiger partial charge in [-0.1, -0.05) is 18.5 Å². The Morgan fingerprint density at radius 3 is 3.12 bits per heavy atom. The lowest BCUT2D eigenvalue weighted by Crippen LogP contribution is -2.38. The fourth-order valence-corrected chi connectivity index (χ4v) is 4.78. The van der Waals surface area contributed by atoms with Crippen molar-refractivity contribution in [2.45, 2.75) is 42.8 Å². The van der Waals surface area contributed by atoms with E-state index in [1.165, 1.54) is 31.1 Å². The van der Waals surface area contributed by atoms with E-state index >= 15 is 0 Å². The molecule has 2 atom stereocenters. The summed E-state index contributed by atoms with van der Waals surface area (Å²) in [4.78, 5) is 27.8. The molecule has 0 aromatic heterocycles. The van der Waals surface area contributed by atoms with Gasteiger partial charge >= 0.3 is 0 Å². The lowest BCUT2D eigenvalue weighted by Gasteiger charge is -2.30. The molecule has 2 unspecified atom stereocenters. The van der Waals surface area contributed by atoms with Crippen LogP contribution in [0.25, 0.3) is 0 Å². The molecule has 0 bridgehead atoms. The molecule has 1 saturated heterocycles. The smallest absolute Gasteiger partial charge is 0.238 e. The van der Waals surface area contributed by atoms with Crippen LogP contribution in [0.3, 0.4) is 0 Å². The van der Waals surface area contributed by atoms with E-state index in [4.69, 9.17) is 11.6 Å². The number of hydrogen-bond acceptors (Lipinski definition) is 4. The zero-order chi connectivity index (χ0) is 18.5. The average molecular weight is 396 g/mol. The first kappa shape index (κ1) is 19.5. The van der Waals surface area contributed by atoms with Crippen molar-refractivity contribution < 1.29 is 9.59 Å². The number of carbonyl (C=O) groups excluding carboxylic acids is 2. The van der Waals surface area contributed by atoms with Crippen molar-refractivity contribution in [3.8, 4) is 0 Å². The van der Waals surface area contributed by atoms with Crippen LogP contribution in [0.1, 0.15) is 32.6 Å². The predicted molar refractivity (Wildman–Crippen MR) is 107 cm³/mol. The van der Waals surface area contributed by atoms with E-state index in [9.17, 15) is 9.59 Å². The third-order valence-corrected chi connectivity index (χ3v) is 6.36. The fourth-order valence-electron chi connectivity index (χ4n) is 3.52. The SMILES string of the molecule is CC1CCCN(CCCNC(=O)CC2Sc3ccc(Cl)cc3NC2=O)C1. The molecular formula is C19H26ClN3O2S. The first-order valence-electron chi connectivity index (χ1n) is 9.27. The Labute approximate surface area is 164 Å². The Kier molecular flexibility index (Phi) is 6.84. The van der Waals surface area contributed by atoms with Gasteiger partial charge in [-0.2, -0.15) is 0 Å². The van der Waals surface area contributed by atoms with Crippen LogP contribution in [-0.4, -0.2) is 48.1 Å². The van der Waals surface area contributed by atoms with Gasteiger partial charge in [-0.15, -0.1) is 11.8 Å². The number of rotatable bonds is 6. The summed E-state index contributed by atoms with van der Waals surface area (Å²) in [6, 6.07) is 5.41. The molecule has 1 aromatic rings. The second kappa shape index (κ2) is 9.11. The Bertz CT molecular complexity index is 670. The number of anilines is 1. The van der Waals surface area contributed by atoms with Gasteiger partial charge in [0.1, 0.15) is 0 Å². The molecule has 26 heavy (non-hydrogen) atoms. The molecule has 2 amide bonds. The van der Waals surface area contributed by atoms with Crippen molar-refractivity contribution in [2.24, 2.45) is 5.92 Å². The molecule has 5 nitrogen and oxygen atoms in total. The molecule has 3 rings (SSSR count). The van der Waals surface area contributed by atoms with E-state index in [0.717, 1.165) is 36.0 Å². The summed E-state index contributed by atoms with van der Waals surface area (Å²) in [5.74, 6) is 0.572. The van der Waals surface area contributed by atoms with Gasteiger partial charge in [0.25, 0.3) is 0 Å². The maximum absolute atomic E-state index is 12.2. The summed E-state index contributed by atoms with van der Waals surface area (Å²) in [6.07, 6.45) is 3.74. The number of hydrogen-bond donors (Lipinski definition) is 2. The van der Waals surface area contributed by atoms with Gasteiger partial charge in [0.15, 0.2) is 0 Å². The van der Waals surface area contributed by atoms with Crippen LogP contribution >= 0.6 is 23.4 Å². The van der Waals surface area contributed by atoms with E-state index in [-0.39, 0.29) is 18.2 Å². The summed E-state index contributed by atoms with van der Waals surface area (Å²) in [7, 11) is 0. The Morgan fingerprint density at radius 2 is 2.31 bits per heavy atom. The van der Waals surface area contributed by atoms with Crippen molar-refractivity contribution in [1.82, 2.24) is 10.2 Å². The van der Waals surface area contributed by atoms with Gasteiger partial charge in [0.05, 0.1) is 10.9 Å². The van der Waals surface area contributed by atoms with Crippen molar-refractivity contribution >= 4 is 40.9 Å². The van der Waals surface area contributed by atoms with Crippen LogP contribution in [-0.2, 0) is 9.59 Å². The number of benzene rings is 1. The van der Waals surface area contributed by atoms with Gasteiger partial charge < -0.3 is 15.5 Å². The summed E-state index contributed by atoms with van der Waals surface area (Å²) >= 11 is 7.38. The molecule has 2 aliphatic rings. The summed E-state index contributed by atoms with van der Waals surface area (Å²) < 4.78 is 0. The molecule has 142 valence electrons. The minimum absolute atomic E-state index is 0.0675. The van der Waals surface area contributed by atoms with Gasteiger partial charge in [-0.25, -0.2) is 0 Å². The fraction of sp³-hybridized carbons (Fsp3) is 0.579. The molecule has 2 aliphatic heterocycles. The third-order valence-electron chi connectivity index (χ3n) is 4.85. The number of amides is 2. The largest absolute Gasteiger partial charge is 0.356 e. The number of nitrogens with one attached hydrogen (secondary N) is 2. The maximum Gasteiger partial charge on any atom is 0.238 e. The molecule has 1 fully saturated rings. The Balaban J connectivity index is 1.39. The molecule has 0 radical (unpaired) electrons. The highest BCUT2D eigenvalue weighted by Gasteiger charge is 2.29. The van der Waals surface area contributed by atoms with Crippen molar-refractivity contribution in [2.75, 3.05) is 31.5 Å². The second-order valence-electron chi connectivity index (χ2n) is 7.19. The number of halogens is 1. The van der Waals surface area contributed by atoms with Crippen LogP contribution in [0.2, 0.25) is 5.02 Å². The lowest BCUT2D eigenvalue weighted by atomic mass is 10.0. The van der Waals surface area contributed by atoms with Crippen molar-refractivity contribution in [3.05, 3.63) is 23.2 Å². The van der Waals surface area contributed by atoms with E-state index in [2.05, 4.69) is 22.5 Å². The Morgan fingerprint density at radius 1 is 1.46 bits per heavy atom. The van der Waals surface area contributed by atoms with E-state index in [0.29, 0.717) is 11.6 Å². The standard InChI is InChI=1S/C19H26ClN3O2S/c1-13-4-2-8-23(12-13)9-3-7-21-18(24)11-17-19(25)22-15-10-14(20)5-6-16(15)26-17/h5-6,10,13,17H,2-4,7-9,11-12H2,1H3,(H,21,24)(H,22,25). The second-order valence-corrected chi connectivity index (χ2v) is 8.87. The summed E-state index contributed by atoms with van der Waals surface area (Å²) in [6.45, 7) is 6.32. The van der Waals surface area contributed by atoms with Crippen molar-refractivity contribution in [1.29, 1.82) is 0 Å². The highest BCUT2D eigenvalue weighted by atomic mass is 35.5. The molecule has 0 saturated carbocycles. The Hall–Kier alpha value is -1.24. The highest BCUT2D eigenvalue weighted by molar-refractivity contribution is 8.01. The van der Waals surface area contributed by atoms with Gasteiger partial charge in [0.2, 0.25) is 11.8 Å². The van der Waals surface area contributed by atoms with Gasteiger partial charge in [0, 0.05) is 29.4 Å². The average Bonchev–Trinajstić information content (AvgIpc) is 2.60. The van der Waals surface area contributed by atoms with Crippen LogP contribution in [0.5, 0.6) is 0 Å². The van der Waals surface area contributed by atoms with Crippen LogP contribution in [0.4, 0.5) is 5.69 Å². The number of fused-ring (bicyclic) bond motifs is 1.